The molecule has 11 heteroatoms. The number of fused-ring (bicyclic) bond motifs is 2. The molecule has 9 atom stereocenters. The molecular weight excluding hydrogens is 695 g/mol. The monoisotopic (exact) mass is 755 g/mol. The van der Waals surface area contributed by atoms with Crippen molar-refractivity contribution in [3.05, 3.63) is 83.4 Å². The Morgan fingerprint density at radius 3 is 2.44 bits per heavy atom. The van der Waals surface area contributed by atoms with Gasteiger partial charge in [-0.05, 0) is 85.7 Å². The number of ether oxygens (including phenoxy) is 1. The maximum atomic E-state index is 14.3. The van der Waals surface area contributed by atoms with Crippen LogP contribution in [-0.2, 0) is 22.6 Å². The van der Waals surface area contributed by atoms with Crippen molar-refractivity contribution in [2.24, 2.45) is 29.1 Å². The van der Waals surface area contributed by atoms with Crippen LogP contribution < -0.4 is 25.6 Å². The summed E-state index contributed by atoms with van der Waals surface area (Å²) in [5.41, 5.74) is 5.12. The second-order valence-electron chi connectivity index (χ2n) is 16.8. The number of hydroxylamine groups is 2. The van der Waals surface area contributed by atoms with Crippen LogP contribution in [0, 0.1) is 29.1 Å². The van der Waals surface area contributed by atoms with E-state index in [9.17, 15) is 19.8 Å². The average molecular weight is 756 g/mol. The Balaban J connectivity index is 1.28. The zero-order valence-corrected chi connectivity index (χ0v) is 33.7. The number of likely N-dealkylation sites (N-methyl/N-ethyl adjacent to an activating group) is 1. The molecule has 0 spiro atoms. The Kier molecular flexibility index (Phi) is 12.6. The fourth-order valence-electron chi connectivity index (χ4n) is 9.57. The average Bonchev–Trinajstić information content (AvgIpc) is 3.54. The normalized spacial score (nSPS) is 26.8. The highest BCUT2D eigenvalue weighted by Crippen LogP contribution is 2.61. The first kappa shape index (κ1) is 40.7. The van der Waals surface area contributed by atoms with Crippen molar-refractivity contribution in [1.82, 2.24) is 21.0 Å². The van der Waals surface area contributed by atoms with Crippen molar-refractivity contribution in [1.29, 1.82) is 0 Å². The standard InChI is InChI=1S/C44H61N5O6/c1-26-36-21-32(44(36,3)4)22-37(26)47-43(53)40-39(27(2)51)38(25-50)55-49(40)24-29-15-12-16-35(41(29)54-8)30-18-31(20-34(19-30)48(6)7)42(52)46-33(23-45-5)17-28-13-10-9-11-14-28/h9-16,18-20,26-27,32-33,36-40,45,50-51H,17,21-25H2,1-8H3,(H,46,52)(H,47,53)/t26-,27-,32+,33-,36-,37-,38-,39+,40-/m0/s1. The number of rotatable bonds is 15. The van der Waals surface area contributed by atoms with Gasteiger partial charge in [-0.1, -0.05) is 69.3 Å². The predicted octanol–water partition coefficient (Wildman–Crippen LogP) is 4.65. The molecule has 7 rings (SSSR count). The molecule has 5 N–H and O–H groups in total. The lowest BCUT2D eigenvalue weighted by atomic mass is 9.45. The number of para-hydroxylation sites is 1. The third-order valence-electron chi connectivity index (χ3n) is 12.8. The van der Waals surface area contributed by atoms with Gasteiger partial charge < -0.3 is 35.8 Å². The van der Waals surface area contributed by atoms with Crippen LogP contribution in [0.25, 0.3) is 11.1 Å². The molecular formula is C44H61N5O6. The molecule has 55 heavy (non-hydrogen) atoms. The summed E-state index contributed by atoms with van der Waals surface area (Å²) in [6.07, 6.45) is 1.16. The zero-order chi connectivity index (χ0) is 39.6. The van der Waals surface area contributed by atoms with Crippen LogP contribution in [0.5, 0.6) is 5.75 Å². The minimum absolute atomic E-state index is 0.0361. The second kappa shape index (κ2) is 17.0. The molecule has 2 amide bonds. The van der Waals surface area contributed by atoms with E-state index < -0.39 is 24.2 Å². The lowest BCUT2D eigenvalue weighted by Crippen LogP contribution is -2.62. The Labute approximate surface area is 326 Å². The van der Waals surface area contributed by atoms with E-state index in [1.54, 1.807) is 19.1 Å². The van der Waals surface area contributed by atoms with Gasteiger partial charge in [-0.2, -0.15) is 5.06 Å². The molecule has 3 aromatic carbocycles. The molecule has 11 nitrogen and oxygen atoms in total. The molecule has 3 saturated carbocycles. The molecule has 1 saturated heterocycles. The van der Waals surface area contributed by atoms with Gasteiger partial charge >= 0.3 is 0 Å². The molecule has 1 heterocycles. The van der Waals surface area contributed by atoms with E-state index >= 15 is 0 Å². The number of nitrogens with one attached hydrogen (secondary N) is 3. The number of aliphatic hydroxyl groups excluding tert-OH is 2. The van der Waals surface area contributed by atoms with E-state index in [0.717, 1.165) is 34.4 Å². The molecule has 1 aliphatic heterocycles. The van der Waals surface area contributed by atoms with Crippen molar-refractivity contribution in [3.63, 3.8) is 0 Å². The van der Waals surface area contributed by atoms with Crippen LogP contribution in [0.1, 0.15) is 62.0 Å². The van der Waals surface area contributed by atoms with Gasteiger partial charge in [0.15, 0.2) is 0 Å². The highest BCUT2D eigenvalue weighted by atomic mass is 16.7. The van der Waals surface area contributed by atoms with Crippen LogP contribution in [-0.4, -0.2) is 98.8 Å². The third kappa shape index (κ3) is 8.42. The summed E-state index contributed by atoms with van der Waals surface area (Å²) in [5.74, 6) is 1.01. The summed E-state index contributed by atoms with van der Waals surface area (Å²) >= 11 is 0. The molecule has 0 unspecified atom stereocenters. The van der Waals surface area contributed by atoms with E-state index in [-0.39, 0.29) is 42.5 Å². The van der Waals surface area contributed by atoms with Crippen molar-refractivity contribution >= 4 is 17.5 Å². The number of anilines is 1. The van der Waals surface area contributed by atoms with Gasteiger partial charge in [-0.15, -0.1) is 0 Å². The number of hydrogen-bond donors (Lipinski definition) is 5. The molecule has 4 aliphatic rings. The summed E-state index contributed by atoms with van der Waals surface area (Å²) in [6.45, 7) is 9.00. The number of methoxy groups -OCH3 is 1. The molecule has 4 fully saturated rings. The summed E-state index contributed by atoms with van der Waals surface area (Å²) in [7, 11) is 7.37. The van der Waals surface area contributed by atoms with Gasteiger partial charge in [0.2, 0.25) is 5.91 Å². The number of amides is 2. The Morgan fingerprint density at radius 1 is 1.07 bits per heavy atom. The number of carbonyl (C=O) groups is 2. The maximum absolute atomic E-state index is 14.3. The Bertz CT molecular complexity index is 1800. The van der Waals surface area contributed by atoms with E-state index in [1.165, 1.54) is 6.42 Å². The van der Waals surface area contributed by atoms with Gasteiger partial charge in [0.05, 0.1) is 26.4 Å². The smallest absolute Gasteiger partial charge is 0.251 e. The fraction of sp³-hybridized carbons (Fsp3) is 0.545. The molecule has 3 aliphatic carbocycles. The highest BCUT2D eigenvalue weighted by Gasteiger charge is 2.57. The van der Waals surface area contributed by atoms with Crippen LogP contribution >= 0.6 is 0 Å². The first-order chi connectivity index (χ1) is 26.3. The summed E-state index contributed by atoms with van der Waals surface area (Å²) < 4.78 is 6.10. The van der Waals surface area contributed by atoms with Gasteiger partial charge in [0.25, 0.3) is 5.91 Å². The topological polar surface area (TPSA) is 136 Å². The SMILES string of the molecule is CNC[C@H](Cc1ccccc1)NC(=O)c1cc(-c2cccc(CN3O[C@@H](CO)[C@@H]([C@H](C)O)[C@H]3C(=O)N[C@H]3C[C@H]4C[C@@H]([C@@H]3C)C4(C)C)c2OC)cc(N(C)C)c1. The highest BCUT2D eigenvalue weighted by molar-refractivity contribution is 5.97. The Hall–Kier alpha value is -4.00. The third-order valence-corrected chi connectivity index (χ3v) is 12.8. The van der Waals surface area contributed by atoms with Gasteiger partial charge in [0.1, 0.15) is 17.9 Å². The van der Waals surface area contributed by atoms with Gasteiger partial charge in [0, 0.05) is 61.0 Å². The Morgan fingerprint density at radius 2 is 1.82 bits per heavy atom. The van der Waals surface area contributed by atoms with Crippen LogP contribution in [0.3, 0.4) is 0 Å². The minimum atomic E-state index is -0.902. The number of carbonyl (C=O) groups excluding carboxylic acids is 2. The summed E-state index contributed by atoms with van der Waals surface area (Å²) in [6, 6.07) is 20.8. The molecule has 3 aromatic rings. The minimum Gasteiger partial charge on any atom is -0.496 e. The van der Waals surface area contributed by atoms with Crippen molar-refractivity contribution < 1.29 is 29.4 Å². The summed E-state index contributed by atoms with van der Waals surface area (Å²) in [4.78, 5) is 36.4. The number of aliphatic hydroxyl groups is 2. The van der Waals surface area contributed by atoms with Crippen LogP contribution in [0.15, 0.2) is 66.7 Å². The summed E-state index contributed by atoms with van der Waals surface area (Å²) in [5, 5.41) is 32.7. The van der Waals surface area contributed by atoms with E-state index in [4.69, 9.17) is 9.57 Å². The number of benzene rings is 3. The first-order valence-electron chi connectivity index (χ1n) is 19.8. The molecule has 2 bridgehead atoms. The van der Waals surface area contributed by atoms with E-state index in [2.05, 4.69) is 48.9 Å². The van der Waals surface area contributed by atoms with Crippen LogP contribution in [0.4, 0.5) is 5.69 Å². The molecule has 0 radical (unpaired) electrons. The predicted molar refractivity (Wildman–Crippen MR) is 216 cm³/mol. The largest absolute Gasteiger partial charge is 0.496 e. The molecule has 298 valence electrons. The number of hydrogen-bond acceptors (Lipinski definition) is 9. The van der Waals surface area contributed by atoms with E-state index in [0.29, 0.717) is 42.0 Å². The lowest BCUT2D eigenvalue weighted by molar-refractivity contribution is -0.183. The van der Waals surface area contributed by atoms with Crippen molar-refractivity contribution in [2.45, 2.75) is 83.8 Å². The van der Waals surface area contributed by atoms with Gasteiger partial charge in [-0.3, -0.25) is 14.4 Å². The van der Waals surface area contributed by atoms with E-state index in [1.807, 2.05) is 80.6 Å². The van der Waals surface area contributed by atoms with Crippen molar-refractivity contribution in [3.8, 4) is 16.9 Å². The number of nitrogens with zero attached hydrogens (tertiary/aromatic N) is 2. The zero-order valence-electron chi connectivity index (χ0n) is 33.7. The quantitative estimate of drug-likeness (QED) is 0.150. The molecule has 0 aromatic heterocycles. The fourth-order valence-corrected chi connectivity index (χ4v) is 9.57. The first-order valence-corrected chi connectivity index (χ1v) is 19.8. The van der Waals surface area contributed by atoms with Gasteiger partial charge in [-0.25, -0.2) is 0 Å². The lowest BCUT2D eigenvalue weighted by Gasteiger charge is -2.62. The second-order valence-corrected chi connectivity index (χ2v) is 16.8. The van der Waals surface area contributed by atoms with Crippen molar-refractivity contribution in [2.75, 3.05) is 46.3 Å². The van der Waals surface area contributed by atoms with Crippen LogP contribution in [0.2, 0.25) is 0 Å². The maximum Gasteiger partial charge on any atom is 0.251 e.